The number of sulfonamides is 1. The second-order valence-corrected chi connectivity index (χ2v) is 10.1. The summed E-state index contributed by atoms with van der Waals surface area (Å²) in [4.78, 5) is 13.2. The fourth-order valence-electron chi connectivity index (χ4n) is 4.37. The molecule has 2 aromatic carbocycles. The first-order valence-electron chi connectivity index (χ1n) is 11.2. The van der Waals surface area contributed by atoms with Gasteiger partial charge in [-0.25, -0.2) is 23.4 Å². The van der Waals surface area contributed by atoms with Crippen LogP contribution >= 0.6 is 0 Å². The fourth-order valence-corrected chi connectivity index (χ4v) is 5.13. The highest BCUT2D eigenvalue weighted by atomic mass is 32.2. The van der Waals surface area contributed by atoms with Crippen LogP contribution in [0.4, 0.5) is 0 Å². The van der Waals surface area contributed by atoms with Crippen LogP contribution in [0, 0.1) is 5.92 Å². The first-order chi connectivity index (χ1) is 15.6. The number of nitrogens with one attached hydrogen (secondary N) is 1. The molecule has 0 saturated carbocycles. The van der Waals surface area contributed by atoms with E-state index in [1.54, 1.807) is 25.1 Å². The molecule has 2 aromatic rings. The molecular formula is C25H33N3O4S. The van der Waals surface area contributed by atoms with Crippen LogP contribution in [-0.2, 0) is 25.1 Å². The van der Waals surface area contributed by atoms with Crippen molar-refractivity contribution < 1.29 is 17.9 Å². The van der Waals surface area contributed by atoms with Crippen molar-refractivity contribution in [2.45, 2.75) is 51.5 Å². The van der Waals surface area contributed by atoms with Crippen LogP contribution in [0.3, 0.4) is 0 Å². The average Bonchev–Trinajstić information content (AvgIpc) is 3.07. The van der Waals surface area contributed by atoms with Crippen LogP contribution in [0.5, 0.6) is 0 Å². The summed E-state index contributed by atoms with van der Waals surface area (Å²) in [7, 11) is -3.87. The maximum atomic E-state index is 13.1. The summed E-state index contributed by atoms with van der Waals surface area (Å²) >= 11 is 0. The molecule has 33 heavy (non-hydrogen) atoms. The summed E-state index contributed by atoms with van der Waals surface area (Å²) in [5.41, 5.74) is 6.34. The number of nitrogens with two attached hydrogens (primary N) is 1. The van der Waals surface area contributed by atoms with E-state index >= 15 is 0 Å². The van der Waals surface area contributed by atoms with E-state index in [9.17, 15) is 13.2 Å². The van der Waals surface area contributed by atoms with E-state index in [0.717, 1.165) is 29.8 Å². The zero-order chi connectivity index (χ0) is 24.4. The molecule has 178 valence electrons. The number of carbonyl (C=O) groups is 1. The molecule has 3 N–H and O–H groups in total. The van der Waals surface area contributed by atoms with Crippen molar-refractivity contribution in [3.05, 3.63) is 65.4 Å². The Labute approximate surface area is 196 Å². The van der Waals surface area contributed by atoms with Crippen LogP contribution in [0.15, 0.2) is 64.7 Å². The summed E-state index contributed by atoms with van der Waals surface area (Å²) < 4.78 is 29.6. The van der Waals surface area contributed by atoms with Crippen LogP contribution in [-0.4, -0.2) is 32.5 Å². The third-order valence-electron chi connectivity index (χ3n) is 6.01. The van der Waals surface area contributed by atoms with Gasteiger partial charge in [0.2, 0.25) is 10.0 Å². The molecule has 0 aliphatic carbocycles. The zero-order valence-electron chi connectivity index (χ0n) is 19.9. The molecule has 0 fully saturated rings. The Kier molecular flexibility index (Phi) is 7.31. The third kappa shape index (κ3) is 4.69. The minimum Gasteiger partial charge on any atom is -0.463 e. The maximum absolute atomic E-state index is 13.1. The van der Waals surface area contributed by atoms with Gasteiger partial charge in [0.25, 0.3) is 0 Å². The molecule has 1 atom stereocenters. The molecule has 1 aliphatic heterocycles. The molecule has 3 rings (SSSR count). The van der Waals surface area contributed by atoms with Crippen molar-refractivity contribution >= 4 is 16.0 Å². The van der Waals surface area contributed by atoms with E-state index < -0.39 is 15.6 Å². The summed E-state index contributed by atoms with van der Waals surface area (Å²) in [5.74, 6) is -0.232. The number of hydrogen-bond acceptors (Lipinski definition) is 6. The number of esters is 1. The lowest BCUT2D eigenvalue weighted by atomic mass is 9.81. The Bertz CT molecular complexity index is 1160. The van der Waals surface area contributed by atoms with Crippen LogP contribution in [0.25, 0.3) is 11.1 Å². The molecule has 0 aromatic heterocycles. The van der Waals surface area contributed by atoms with Crippen molar-refractivity contribution in [3.63, 3.8) is 0 Å². The van der Waals surface area contributed by atoms with E-state index in [1.165, 1.54) is 6.07 Å². The van der Waals surface area contributed by atoms with E-state index in [4.69, 9.17) is 9.88 Å². The predicted octanol–water partition coefficient (Wildman–Crippen LogP) is 3.92. The molecule has 1 heterocycles. The van der Waals surface area contributed by atoms with Crippen LogP contribution in [0.2, 0.25) is 0 Å². The number of benzene rings is 2. The Morgan fingerprint density at radius 3 is 2.30 bits per heavy atom. The van der Waals surface area contributed by atoms with Crippen molar-refractivity contribution in [1.82, 2.24) is 10.4 Å². The first-order valence-corrected chi connectivity index (χ1v) is 12.8. The van der Waals surface area contributed by atoms with Gasteiger partial charge in [-0.1, -0.05) is 63.2 Å². The SMILES string of the molecule is CCCN1NC(C(C)C)=C(C(=O)OCC)C1(C)c1ccc(-c2ccccc2S(N)(=O)=O)cc1. The van der Waals surface area contributed by atoms with E-state index in [-0.39, 0.29) is 16.8 Å². The zero-order valence-corrected chi connectivity index (χ0v) is 20.7. The van der Waals surface area contributed by atoms with Gasteiger partial charge in [0.05, 0.1) is 22.6 Å². The lowest BCUT2D eigenvalue weighted by Gasteiger charge is -2.36. The number of carbonyl (C=O) groups excluding carboxylic acids is 1. The van der Waals surface area contributed by atoms with E-state index in [0.29, 0.717) is 17.7 Å². The molecule has 7 nitrogen and oxygen atoms in total. The molecule has 1 unspecified atom stereocenters. The Morgan fingerprint density at radius 1 is 1.12 bits per heavy atom. The maximum Gasteiger partial charge on any atom is 0.338 e. The lowest BCUT2D eigenvalue weighted by molar-refractivity contribution is -0.140. The van der Waals surface area contributed by atoms with Gasteiger partial charge in [-0.3, -0.25) is 0 Å². The second kappa shape index (κ2) is 9.67. The summed E-state index contributed by atoms with van der Waals surface area (Å²) in [5, 5.41) is 7.51. The van der Waals surface area contributed by atoms with Crippen molar-refractivity contribution in [2.24, 2.45) is 11.1 Å². The highest BCUT2D eigenvalue weighted by molar-refractivity contribution is 7.89. The number of primary sulfonamides is 1. The molecule has 0 amide bonds. The van der Waals surface area contributed by atoms with Crippen molar-refractivity contribution in [3.8, 4) is 11.1 Å². The van der Waals surface area contributed by atoms with Gasteiger partial charge in [-0.2, -0.15) is 0 Å². The molecular weight excluding hydrogens is 438 g/mol. The fraction of sp³-hybridized carbons (Fsp3) is 0.400. The Hall–Kier alpha value is -2.68. The smallest absolute Gasteiger partial charge is 0.338 e. The van der Waals surface area contributed by atoms with Gasteiger partial charge >= 0.3 is 5.97 Å². The van der Waals surface area contributed by atoms with Gasteiger partial charge in [0, 0.05) is 17.8 Å². The Morgan fingerprint density at radius 2 is 1.76 bits per heavy atom. The molecule has 8 heteroatoms. The monoisotopic (exact) mass is 471 g/mol. The number of hydrazine groups is 1. The van der Waals surface area contributed by atoms with Gasteiger partial charge in [0.15, 0.2) is 0 Å². The number of rotatable bonds is 8. The van der Waals surface area contributed by atoms with Gasteiger partial charge in [0.1, 0.15) is 0 Å². The van der Waals surface area contributed by atoms with Crippen LogP contribution in [0.1, 0.15) is 46.6 Å². The molecule has 0 saturated heterocycles. The number of ether oxygens (including phenoxy) is 1. The molecule has 0 radical (unpaired) electrons. The van der Waals surface area contributed by atoms with Gasteiger partial charge < -0.3 is 10.2 Å². The summed E-state index contributed by atoms with van der Waals surface area (Å²) in [6.07, 6.45) is 0.893. The van der Waals surface area contributed by atoms with Crippen molar-refractivity contribution in [1.29, 1.82) is 0 Å². The highest BCUT2D eigenvalue weighted by Gasteiger charge is 2.48. The molecule has 0 spiro atoms. The predicted molar refractivity (Wildman–Crippen MR) is 129 cm³/mol. The average molecular weight is 472 g/mol. The number of hydrogen-bond donors (Lipinski definition) is 2. The van der Waals surface area contributed by atoms with Gasteiger partial charge in [-0.15, -0.1) is 0 Å². The quantitative estimate of drug-likeness (QED) is 0.566. The lowest BCUT2D eigenvalue weighted by Crippen LogP contribution is -2.48. The molecule has 1 aliphatic rings. The second-order valence-electron chi connectivity index (χ2n) is 8.62. The normalized spacial score (nSPS) is 19.1. The summed E-state index contributed by atoms with van der Waals surface area (Å²) in [6, 6.07) is 14.3. The molecule has 0 bridgehead atoms. The first kappa shape index (κ1) is 25.0. The topological polar surface area (TPSA) is 102 Å². The van der Waals surface area contributed by atoms with Crippen LogP contribution < -0.4 is 10.6 Å². The van der Waals surface area contributed by atoms with E-state index in [2.05, 4.69) is 17.4 Å². The standard InChI is InChI=1S/C25H33N3O4S/c1-6-16-28-25(5,22(24(29)32-7-2)23(27-28)17(3)4)19-14-12-18(13-15-19)20-10-8-9-11-21(20)33(26,30)31/h8-15,17,27H,6-7,16H2,1-5H3,(H2,26,30,31). The van der Waals surface area contributed by atoms with E-state index in [1.807, 2.05) is 45.0 Å². The van der Waals surface area contributed by atoms with Gasteiger partial charge in [-0.05, 0) is 43.4 Å². The summed E-state index contributed by atoms with van der Waals surface area (Å²) in [6.45, 7) is 11.0. The third-order valence-corrected chi connectivity index (χ3v) is 6.98. The van der Waals surface area contributed by atoms with Crippen molar-refractivity contribution in [2.75, 3.05) is 13.2 Å². The largest absolute Gasteiger partial charge is 0.463 e. The number of allylic oxidation sites excluding steroid dienone is 1. The minimum absolute atomic E-state index is 0.0771. The highest BCUT2D eigenvalue weighted by Crippen LogP contribution is 2.43. The Balaban J connectivity index is 2.14. The number of nitrogens with zero attached hydrogens (tertiary/aromatic N) is 1. The minimum atomic E-state index is -3.87.